The van der Waals surface area contributed by atoms with Crippen molar-refractivity contribution in [3.63, 3.8) is 0 Å². The van der Waals surface area contributed by atoms with Gasteiger partial charge in [0.15, 0.2) is 0 Å². The third-order valence-corrected chi connectivity index (χ3v) is 3.67. The lowest BCUT2D eigenvalue weighted by Gasteiger charge is -2.06. The van der Waals surface area contributed by atoms with E-state index in [9.17, 15) is 4.79 Å². The van der Waals surface area contributed by atoms with Crippen molar-refractivity contribution in [3.8, 4) is 0 Å². The van der Waals surface area contributed by atoms with Gasteiger partial charge in [-0.25, -0.2) is 4.52 Å². The molecule has 0 atom stereocenters. The van der Waals surface area contributed by atoms with E-state index in [1.54, 1.807) is 33.9 Å². The van der Waals surface area contributed by atoms with E-state index in [2.05, 4.69) is 15.5 Å². The minimum Gasteiger partial charge on any atom is -0.322 e. The molecule has 3 heterocycles. The third kappa shape index (κ3) is 2.01. The highest BCUT2D eigenvalue weighted by Crippen LogP contribution is 2.19. The second-order valence-electron chi connectivity index (χ2n) is 5.11. The molecule has 0 radical (unpaired) electrons. The van der Waals surface area contributed by atoms with E-state index in [1.165, 1.54) is 0 Å². The number of aromatic nitrogens is 4. The highest BCUT2D eigenvalue weighted by molar-refractivity contribution is 6.05. The molecule has 0 unspecified atom stereocenters. The molecule has 0 spiro atoms. The molecule has 0 aliphatic heterocycles. The van der Waals surface area contributed by atoms with Gasteiger partial charge in [-0.1, -0.05) is 0 Å². The number of rotatable bonds is 2. The van der Waals surface area contributed by atoms with Crippen LogP contribution in [0.2, 0.25) is 0 Å². The molecule has 6 nitrogen and oxygen atoms in total. The van der Waals surface area contributed by atoms with Gasteiger partial charge in [0.05, 0.1) is 17.2 Å². The van der Waals surface area contributed by atoms with Crippen molar-refractivity contribution >= 4 is 28.0 Å². The SMILES string of the molecule is Cn1ncc2cc(NC(=O)c3ccn4nccc4c3)ccc21. The van der Waals surface area contributed by atoms with Crippen LogP contribution in [0.25, 0.3) is 16.4 Å². The summed E-state index contributed by atoms with van der Waals surface area (Å²) in [6.45, 7) is 0. The van der Waals surface area contributed by atoms with Crippen molar-refractivity contribution in [2.45, 2.75) is 0 Å². The number of benzene rings is 1. The lowest BCUT2D eigenvalue weighted by atomic mass is 10.2. The Bertz CT molecular complexity index is 998. The number of fused-ring (bicyclic) bond motifs is 2. The summed E-state index contributed by atoms with van der Waals surface area (Å²) in [6.07, 6.45) is 5.26. The van der Waals surface area contributed by atoms with E-state index >= 15 is 0 Å². The summed E-state index contributed by atoms with van der Waals surface area (Å²) in [6, 6.07) is 11.1. The highest BCUT2D eigenvalue weighted by Gasteiger charge is 2.08. The standard InChI is InChI=1S/C16H13N5O/c1-20-15-3-2-13(8-12(15)10-18-20)19-16(22)11-5-7-21-14(9-11)4-6-17-21/h2-10H,1H3,(H,19,22). The quantitative estimate of drug-likeness (QED) is 0.617. The second-order valence-corrected chi connectivity index (χ2v) is 5.11. The fourth-order valence-corrected chi connectivity index (χ4v) is 2.51. The fraction of sp³-hybridized carbons (Fsp3) is 0.0625. The number of nitrogens with one attached hydrogen (secondary N) is 1. The summed E-state index contributed by atoms with van der Waals surface area (Å²) in [4.78, 5) is 12.4. The molecular formula is C16H13N5O. The van der Waals surface area contributed by atoms with E-state index in [0.717, 1.165) is 22.1 Å². The van der Waals surface area contributed by atoms with Crippen molar-refractivity contribution < 1.29 is 4.79 Å². The van der Waals surface area contributed by atoms with Crippen LogP contribution in [-0.2, 0) is 7.05 Å². The third-order valence-electron chi connectivity index (χ3n) is 3.67. The van der Waals surface area contributed by atoms with Gasteiger partial charge >= 0.3 is 0 Å². The van der Waals surface area contributed by atoms with Crippen LogP contribution in [0.5, 0.6) is 0 Å². The Hall–Kier alpha value is -3.15. The minimum absolute atomic E-state index is 0.146. The van der Waals surface area contributed by atoms with E-state index in [1.807, 2.05) is 37.4 Å². The Morgan fingerprint density at radius 1 is 1.14 bits per heavy atom. The number of anilines is 1. The highest BCUT2D eigenvalue weighted by atomic mass is 16.1. The number of hydrogen-bond acceptors (Lipinski definition) is 3. The molecule has 0 bridgehead atoms. The summed E-state index contributed by atoms with van der Waals surface area (Å²) >= 11 is 0. The van der Waals surface area contributed by atoms with Gasteiger partial charge < -0.3 is 5.32 Å². The molecule has 4 aromatic rings. The van der Waals surface area contributed by atoms with Crippen molar-refractivity contribution in [1.82, 2.24) is 19.4 Å². The molecular weight excluding hydrogens is 278 g/mol. The maximum absolute atomic E-state index is 12.4. The molecule has 0 fully saturated rings. The van der Waals surface area contributed by atoms with Gasteiger partial charge in [0, 0.05) is 36.1 Å². The van der Waals surface area contributed by atoms with Gasteiger partial charge in [0.25, 0.3) is 5.91 Å². The molecule has 108 valence electrons. The topological polar surface area (TPSA) is 64.2 Å². The second kappa shape index (κ2) is 4.70. The zero-order valence-electron chi connectivity index (χ0n) is 11.9. The number of nitrogens with zero attached hydrogens (tertiary/aromatic N) is 4. The minimum atomic E-state index is -0.146. The first kappa shape index (κ1) is 12.6. The molecule has 22 heavy (non-hydrogen) atoms. The molecule has 3 aromatic heterocycles. The van der Waals surface area contributed by atoms with Crippen LogP contribution in [0.15, 0.2) is 55.0 Å². The normalized spacial score (nSPS) is 11.1. The van der Waals surface area contributed by atoms with Crippen LogP contribution in [0.4, 0.5) is 5.69 Å². The molecule has 1 aromatic carbocycles. The predicted molar refractivity (Wildman–Crippen MR) is 83.9 cm³/mol. The van der Waals surface area contributed by atoms with E-state index in [4.69, 9.17) is 0 Å². The van der Waals surface area contributed by atoms with Gasteiger partial charge in [-0.2, -0.15) is 10.2 Å². The van der Waals surface area contributed by atoms with Gasteiger partial charge in [-0.3, -0.25) is 9.48 Å². The van der Waals surface area contributed by atoms with Crippen LogP contribution in [0.1, 0.15) is 10.4 Å². The van der Waals surface area contributed by atoms with Crippen LogP contribution in [0, 0.1) is 0 Å². The molecule has 6 heteroatoms. The molecule has 1 N–H and O–H groups in total. The lowest BCUT2D eigenvalue weighted by molar-refractivity contribution is 0.102. The Balaban J connectivity index is 1.64. The number of carbonyl (C=O) groups is 1. The number of aryl methyl sites for hydroxylation is 1. The zero-order valence-corrected chi connectivity index (χ0v) is 11.9. The Morgan fingerprint density at radius 3 is 2.95 bits per heavy atom. The van der Waals surface area contributed by atoms with Crippen LogP contribution in [-0.4, -0.2) is 25.3 Å². The van der Waals surface area contributed by atoms with Crippen LogP contribution >= 0.6 is 0 Å². The first-order valence-electron chi connectivity index (χ1n) is 6.87. The van der Waals surface area contributed by atoms with Crippen molar-refractivity contribution in [2.75, 3.05) is 5.32 Å². The monoisotopic (exact) mass is 291 g/mol. The van der Waals surface area contributed by atoms with Crippen LogP contribution in [0.3, 0.4) is 0 Å². The zero-order chi connectivity index (χ0) is 15.1. The van der Waals surface area contributed by atoms with E-state index < -0.39 is 0 Å². The number of carbonyl (C=O) groups excluding carboxylic acids is 1. The lowest BCUT2D eigenvalue weighted by Crippen LogP contribution is -2.12. The van der Waals surface area contributed by atoms with Gasteiger partial charge in [0.2, 0.25) is 0 Å². The molecule has 0 aliphatic rings. The van der Waals surface area contributed by atoms with E-state index in [0.29, 0.717) is 5.56 Å². The number of pyridine rings is 1. The van der Waals surface area contributed by atoms with Crippen molar-refractivity contribution in [1.29, 1.82) is 0 Å². The molecule has 0 saturated carbocycles. The molecule has 0 aliphatic carbocycles. The average Bonchev–Trinajstić information content (AvgIpc) is 3.13. The van der Waals surface area contributed by atoms with E-state index in [-0.39, 0.29) is 5.91 Å². The van der Waals surface area contributed by atoms with Crippen molar-refractivity contribution in [2.24, 2.45) is 7.05 Å². The average molecular weight is 291 g/mol. The summed E-state index contributed by atoms with van der Waals surface area (Å²) in [7, 11) is 1.89. The van der Waals surface area contributed by atoms with Crippen molar-refractivity contribution in [3.05, 3.63) is 60.6 Å². The van der Waals surface area contributed by atoms with Crippen LogP contribution < -0.4 is 5.32 Å². The smallest absolute Gasteiger partial charge is 0.255 e. The first-order chi connectivity index (χ1) is 10.7. The Labute approximate surface area is 126 Å². The molecule has 4 rings (SSSR count). The molecule has 0 saturated heterocycles. The number of amides is 1. The first-order valence-corrected chi connectivity index (χ1v) is 6.87. The Kier molecular flexibility index (Phi) is 2.69. The molecule has 1 amide bonds. The van der Waals surface area contributed by atoms with Gasteiger partial charge in [-0.05, 0) is 36.4 Å². The van der Waals surface area contributed by atoms with Gasteiger partial charge in [0.1, 0.15) is 0 Å². The summed E-state index contributed by atoms with van der Waals surface area (Å²) in [5.41, 5.74) is 3.26. The predicted octanol–water partition coefficient (Wildman–Crippen LogP) is 2.47. The number of hydrogen-bond donors (Lipinski definition) is 1. The largest absolute Gasteiger partial charge is 0.322 e. The Morgan fingerprint density at radius 2 is 2.05 bits per heavy atom. The maximum atomic E-state index is 12.4. The summed E-state index contributed by atoms with van der Waals surface area (Å²) < 4.78 is 3.52. The summed E-state index contributed by atoms with van der Waals surface area (Å²) in [5.74, 6) is -0.146. The summed E-state index contributed by atoms with van der Waals surface area (Å²) in [5, 5.41) is 12.2. The van der Waals surface area contributed by atoms with Gasteiger partial charge in [-0.15, -0.1) is 0 Å². The fourth-order valence-electron chi connectivity index (χ4n) is 2.51. The maximum Gasteiger partial charge on any atom is 0.255 e.